The molecule has 1 heterocycles. The number of nitrogens with zero attached hydrogens (tertiary/aromatic N) is 1. The molecule has 6 heteroatoms. The summed E-state index contributed by atoms with van der Waals surface area (Å²) in [7, 11) is 0. The molecule has 0 aliphatic carbocycles. The molecule has 1 atom stereocenters. The van der Waals surface area contributed by atoms with Crippen LogP contribution in [0.15, 0.2) is 18.2 Å². The number of ether oxygens (including phenoxy) is 1. The second kappa shape index (κ2) is 6.60. The van der Waals surface area contributed by atoms with Gasteiger partial charge < -0.3 is 14.7 Å². The van der Waals surface area contributed by atoms with Crippen LogP contribution in [0.1, 0.15) is 43.5 Å². The topological polar surface area (TPSA) is 83.9 Å². The fraction of sp³-hybridized carbons (Fsp3) is 0.438. The number of hydrogen-bond donors (Lipinski definition) is 1. The molecule has 0 bridgehead atoms. The van der Waals surface area contributed by atoms with Gasteiger partial charge in [-0.25, -0.2) is 0 Å². The third-order valence-electron chi connectivity index (χ3n) is 3.64. The molecule has 1 aliphatic rings. The van der Waals surface area contributed by atoms with Gasteiger partial charge in [-0.05, 0) is 31.5 Å². The zero-order valence-corrected chi connectivity index (χ0v) is 12.7. The van der Waals surface area contributed by atoms with E-state index in [9.17, 15) is 14.4 Å². The van der Waals surface area contributed by atoms with E-state index in [0.717, 1.165) is 0 Å². The van der Waals surface area contributed by atoms with Gasteiger partial charge in [-0.3, -0.25) is 14.4 Å². The number of benzene rings is 1. The minimum Gasteiger partial charge on any atom is -0.481 e. The number of hydrogen-bond acceptors (Lipinski definition) is 4. The molecule has 1 aromatic carbocycles. The van der Waals surface area contributed by atoms with Crippen LogP contribution in [-0.2, 0) is 9.59 Å². The Hall–Kier alpha value is -2.37. The molecular weight excluding hydrogens is 286 g/mol. The van der Waals surface area contributed by atoms with Gasteiger partial charge in [0, 0.05) is 18.5 Å². The first-order valence-electron chi connectivity index (χ1n) is 7.35. The monoisotopic (exact) mass is 305 g/mol. The zero-order chi connectivity index (χ0) is 16.3. The van der Waals surface area contributed by atoms with Gasteiger partial charge in [0.05, 0.1) is 12.1 Å². The summed E-state index contributed by atoms with van der Waals surface area (Å²) in [5.74, 6) is -0.812. The molecule has 6 nitrogen and oxygen atoms in total. The maximum absolute atomic E-state index is 12.3. The number of rotatable bonds is 6. The number of carbonyl (C=O) groups is 3. The number of ketones is 1. The molecule has 1 unspecified atom stereocenters. The van der Waals surface area contributed by atoms with Crippen LogP contribution in [0.4, 0.5) is 5.69 Å². The third-order valence-corrected chi connectivity index (χ3v) is 3.64. The summed E-state index contributed by atoms with van der Waals surface area (Å²) in [6, 6.07) is 4.88. The van der Waals surface area contributed by atoms with Crippen LogP contribution in [0.5, 0.6) is 5.75 Å². The highest BCUT2D eigenvalue weighted by atomic mass is 16.5. The van der Waals surface area contributed by atoms with Crippen molar-refractivity contribution in [3.8, 4) is 5.75 Å². The molecule has 22 heavy (non-hydrogen) atoms. The zero-order valence-electron chi connectivity index (χ0n) is 12.7. The number of anilines is 1. The highest BCUT2D eigenvalue weighted by molar-refractivity contribution is 6.03. The van der Waals surface area contributed by atoms with Crippen molar-refractivity contribution in [3.63, 3.8) is 0 Å². The average Bonchev–Trinajstić information content (AvgIpc) is 2.51. The highest BCUT2D eigenvalue weighted by Gasteiger charge is 2.32. The number of carboxylic acids is 1. The Labute approximate surface area is 128 Å². The first kappa shape index (κ1) is 16.0. The minimum atomic E-state index is -1.01. The number of amides is 1. The van der Waals surface area contributed by atoms with Gasteiger partial charge in [0.15, 0.2) is 11.9 Å². The number of aliphatic carboxylic acids is 1. The minimum absolute atomic E-state index is 0.0629. The smallest absolute Gasteiger partial charge is 0.303 e. The van der Waals surface area contributed by atoms with E-state index in [-0.39, 0.29) is 24.5 Å². The maximum Gasteiger partial charge on any atom is 0.303 e. The molecule has 1 aliphatic heterocycles. The summed E-state index contributed by atoms with van der Waals surface area (Å²) >= 11 is 0. The summed E-state index contributed by atoms with van der Waals surface area (Å²) in [4.78, 5) is 36.5. The molecule has 2 rings (SSSR count). The van der Waals surface area contributed by atoms with Crippen molar-refractivity contribution in [2.75, 3.05) is 11.4 Å². The summed E-state index contributed by atoms with van der Waals surface area (Å²) < 4.78 is 5.66. The largest absolute Gasteiger partial charge is 0.481 e. The number of likely N-dealkylation sites (N-methyl/N-ethyl adjacent to an activating group) is 1. The Morgan fingerprint density at radius 3 is 2.59 bits per heavy atom. The Morgan fingerprint density at radius 1 is 1.27 bits per heavy atom. The van der Waals surface area contributed by atoms with Crippen molar-refractivity contribution < 1.29 is 24.2 Å². The predicted octanol–water partition coefficient (Wildman–Crippen LogP) is 2.26. The quantitative estimate of drug-likeness (QED) is 0.815. The maximum atomic E-state index is 12.3. The van der Waals surface area contributed by atoms with Gasteiger partial charge >= 0.3 is 5.97 Å². The van der Waals surface area contributed by atoms with Crippen molar-refractivity contribution in [1.82, 2.24) is 0 Å². The first-order valence-corrected chi connectivity index (χ1v) is 7.35. The van der Waals surface area contributed by atoms with Gasteiger partial charge in [0.25, 0.3) is 5.91 Å². The van der Waals surface area contributed by atoms with E-state index >= 15 is 0 Å². The molecule has 1 N–H and O–H groups in total. The Balaban J connectivity index is 2.30. The highest BCUT2D eigenvalue weighted by Crippen LogP contribution is 2.35. The van der Waals surface area contributed by atoms with E-state index in [0.29, 0.717) is 30.0 Å². The van der Waals surface area contributed by atoms with E-state index in [4.69, 9.17) is 9.84 Å². The van der Waals surface area contributed by atoms with Gasteiger partial charge in [-0.15, -0.1) is 0 Å². The third kappa shape index (κ3) is 3.10. The molecule has 118 valence electrons. The van der Waals surface area contributed by atoms with E-state index in [1.165, 1.54) is 0 Å². The SMILES string of the molecule is CCC1Oc2ccc(C(=O)CCC(=O)O)cc2N(CC)C1=O. The number of carbonyl (C=O) groups excluding carboxylic acids is 2. The fourth-order valence-electron chi connectivity index (χ4n) is 2.45. The van der Waals surface area contributed by atoms with Crippen LogP contribution in [0.3, 0.4) is 0 Å². The summed E-state index contributed by atoms with van der Waals surface area (Å²) in [6.45, 7) is 4.22. The number of carboxylic acid groups (broad SMARTS) is 1. The van der Waals surface area contributed by atoms with E-state index in [1.807, 2.05) is 13.8 Å². The van der Waals surface area contributed by atoms with Crippen molar-refractivity contribution in [3.05, 3.63) is 23.8 Å². The number of fused-ring (bicyclic) bond motifs is 1. The first-order chi connectivity index (χ1) is 10.5. The Morgan fingerprint density at radius 2 is 2.00 bits per heavy atom. The fourth-order valence-corrected chi connectivity index (χ4v) is 2.45. The van der Waals surface area contributed by atoms with Crippen LogP contribution < -0.4 is 9.64 Å². The van der Waals surface area contributed by atoms with E-state index < -0.39 is 12.1 Å². The second-order valence-corrected chi connectivity index (χ2v) is 5.10. The van der Waals surface area contributed by atoms with Gasteiger partial charge in [0.2, 0.25) is 0 Å². The van der Waals surface area contributed by atoms with Crippen LogP contribution >= 0.6 is 0 Å². The molecular formula is C16H19NO5. The van der Waals surface area contributed by atoms with Gasteiger partial charge in [-0.1, -0.05) is 6.92 Å². The van der Waals surface area contributed by atoms with Crippen LogP contribution in [0.25, 0.3) is 0 Å². The average molecular weight is 305 g/mol. The van der Waals surface area contributed by atoms with Crippen LogP contribution in [-0.4, -0.2) is 35.4 Å². The lowest BCUT2D eigenvalue weighted by molar-refractivity contribution is -0.137. The molecule has 0 aromatic heterocycles. The summed E-state index contributed by atoms with van der Waals surface area (Å²) in [5.41, 5.74) is 0.961. The van der Waals surface area contributed by atoms with E-state index in [1.54, 1.807) is 23.1 Å². The Kier molecular flexibility index (Phi) is 4.80. The normalized spacial score (nSPS) is 16.9. The van der Waals surface area contributed by atoms with Crippen LogP contribution in [0, 0.1) is 0 Å². The Bertz CT molecular complexity index is 611. The molecule has 0 saturated heterocycles. The summed E-state index contributed by atoms with van der Waals surface area (Å²) in [6.07, 6.45) is -0.192. The lowest BCUT2D eigenvalue weighted by Crippen LogP contribution is -2.45. The van der Waals surface area contributed by atoms with Crippen molar-refractivity contribution >= 4 is 23.3 Å². The second-order valence-electron chi connectivity index (χ2n) is 5.10. The molecule has 1 amide bonds. The van der Waals surface area contributed by atoms with Gasteiger partial charge in [-0.2, -0.15) is 0 Å². The van der Waals surface area contributed by atoms with E-state index in [2.05, 4.69) is 0 Å². The lowest BCUT2D eigenvalue weighted by Gasteiger charge is -2.33. The van der Waals surface area contributed by atoms with Crippen LogP contribution in [0.2, 0.25) is 0 Å². The lowest BCUT2D eigenvalue weighted by atomic mass is 10.0. The number of Topliss-reactive ketones (excluding diaryl/α,β-unsaturated/α-hetero) is 1. The van der Waals surface area contributed by atoms with Crippen molar-refractivity contribution in [1.29, 1.82) is 0 Å². The molecule has 0 fully saturated rings. The molecule has 0 spiro atoms. The van der Waals surface area contributed by atoms with Gasteiger partial charge in [0.1, 0.15) is 5.75 Å². The predicted molar refractivity (Wildman–Crippen MR) is 80.4 cm³/mol. The molecule has 0 radical (unpaired) electrons. The molecule has 0 saturated carbocycles. The van der Waals surface area contributed by atoms with Crippen molar-refractivity contribution in [2.45, 2.75) is 39.2 Å². The summed E-state index contributed by atoms with van der Waals surface area (Å²) in [5, 5.41) is 8.65. The standard InChI is InChI=1S/C16H19NO5/c1-3-13-16(21)17(4-2)11-9-10(5-7-14(11)22-13)12(18)6-8-15(19)20/h5,7,9,13H,3-4,6,8H2,1-2H3,(H,19,20). The molecule has 1 aromatic rings. The van der Waals surface area contributed by atoms with Crippen molar-refractivity contribution in [2.24, 2.45) is 0 Å².